The van der Waals surface area contributed by atoms with E-state index in [0.29, 0.717) is 6.42 Å². The van der Waals surface area contributed by atoms with Gasteiger partial charge in [0.2, 0.25) is 5.91 Å². The van der Waals surface area contributed by atoms with Crippen molar-refractivity contribution in [1.82, 2.24) is 5.32 Å². The van der Waals surface area contributed by atoms with E-state index in [4.69, 9.17) is 0 Å². The summed E-state index contributed by atoms with van der Waals surface area (Å²) in [6, 6.07) is -0.644. The second-order valence-corrected chi connectivity index (χ2v) is 19.0. The van der Waals surface area contributed by atoms with Gasteiger partial charge in [0.05, 0.1) is 18.8 Å². The van der Waals surface area contributed by atoms with Crippen molar-refractivity contribution in [1.29, 1.82) is 0 Å². The van der Waals surface area contributed by atoms with Crippen molar-refractivity contribution in [2.75, 3.05) is 6.61 Å². The molecule has 2 atom stereocenters. The Labute approximate surface area is 382 Å². The molecule has 0 aromatic carbocycles. The first kappa shape index (κ1) is 59.6. The van der Waals surface area contributed by atoms with Gasteiger partial charge >= 0.3 is 0 Å². The number of hydrogen-bond acceptors (Lipinski definition) is 3. The van der Waals surface area contributed by atoms with Crippen LogP contribution in [0.2, 0.25) is 0 Å². The summed E-state index contributed by atoms with van der Waals surface area (Å²) in [5.74, 6) is -0.0725. The maximum absolute atomic E-state index is 12.4. The van der Waals surface area contributed by atoms with Crippen LogP contribution >= 0.6 is 0 Å². The van der Waals surface area contributed by atoms with Gasteiger partial charge in [0.25, 0.3) is 0 Å². The lowest BCUT2D eigenvalue weighted by Crippen LogP contribution is -2.45. The Morgan fingerprint density at radius 1 is 0.377 bits per heavy atom. The first-order valence-corrected chi connectivity index (χ1v) is 27.7. The van der Waals surface area contributed by atoms with Crippen molar-refractivity contribution < 1.29 is 15.0 Å². The van der Waals surface area contributed by atoms with Crippen molar-refractivity contribution >= 4 is 5.91 Å². The number of aliphatic hydroxyl groups is 2. The van der Waals surface area contributed by atoms with E-state index in [1.165, 1.54) is 244 Å². The summed E-state index contributed by atoms with van der Waals surface area (Å²) >= 11 is 0. The minimum absolute atomic E-state index is 0.0725. The maximum atomic E-state index is 12.4. The van der Waals surface area contributed by atoms with E-state index in [1.54, 1.807) is 6.08 Å². The first-order chi connectivity index (χ1) is 30.2. The molecule has 2 unspecified atom stereocenters. The van der Waals surface area contributed by atoms with Crippen LogP contribution in [0.4, 0.5) is 0 Å². The molecule has 0 aromatic rings. The molecule has 61 heavy (non-hydrogen) atoms. The zero-order chi connectivity index (χ0) is 44.2. The van der Waals surface area contributed by atoms with Gasteiger partial charge < -0.3 is 15.5 Å². The van der Waals surface area contributed by atoms with E-state index in [1.807, 2.05) is 6.08 Å². The molecule has 0 saturated carbocycles. The maximum Gasteiger partial charge on any atom is 0.220 e. The normalized spacial score (nSPS) is 13.0. The molecule has 0 aliphatic carbocycles. The molecular formula is C57H109NO3. The monoisotopic (exact) mass is 856 g/mol. The van der Waals surface area contributed by atoms with Crippen LogP contribution in [0.1, 0.15) is 303 Å². The Bertz CT molecular complexity index is 928. The van der Waals surface area contributed by atoms with E-state index >= 15 is 0 Å². The fourth-order valence-electron chi connectivity index (χ4n) is 8.63. The number of aliphatic hydroxyl groups excluding tert-OH is 2. The van der Waals surface area contributed by atoms with Gasteiger partial charge in [-0.25, -0.2) is 0 Å². The quantitative estimate of drug-likeness (QED) is 0.0422. The van der Waals surface area contributed by atoms with Gasteiger partial charge in [0.15, 0.2) is 0 Å². The predicted molar refractivity (Wildman–Crippen MR) is 272 cm³/mol. The minimum Gasteiger partial charge on any atom is -0.394 e. The van der Waals surface area contributed by atoms with E-state index in [9.17, 15) is 15.0 Å². The van der Waals surface area contributed by atoms with Crippen molar-refractivity contribution in [2.45, 2.75) is 315 Å². The summed E-state index contributed by atoms with van der Waals surface area (Å²) in [6.45, 7) is 4.33. The van der Waals surface area contributed by atoms with Gasteiger partial charge in [-0.1, -0.05) is 288 Å². The number of amides is 1. The van der Waals surface area contributed by atoms with E-state index < -0.39 is 12.1 Å². The highest BCUT2D eigenvalue weighted by Gasteiger charge is 2.18. The first-order valence-electron chi connectivity index (χ1n) is 27.7. The molecule has 0 aromatic heterocycles. The van der Waals surface area contributed by atoms with Crippen LogP contribution in [0.3, 0.4) is 0 Å². The topological polar surface area (TPSA) is 69.6 Å². The lowest BCUT2D eigenvalue weighted by atomic mass is 10.0. The number of rotatable bonds is 51. The number of unbranched alkanes of at least 4 members (excludes halogenated alkanes) is 40. The number of carbonyl (C=O) groups is 1. The molecule has 0 bridgehead atoms. The van der Waals surface area contributed by atoms with Crippen LogP contribution in [-0.4, -0.2) is 34.9 Å². The zero-order valence-corrected chi connectivity index (χ0v) is 41.4. The van der Waals surface area contributed by atoms with E-state index in [-0.39, 0.29) is 12.5 Å². The highest BCUT2D eigenvalue weighted by molar-refractivity contribution is 5.76. The van der Waals surface area contributed by atoms with Gasteiger partial charge in [0.1, 0.15) is 0 Å². The van der Waals surface area contributed by atoms with Crippen LogP contribution in [0, 0.1) is 0 Å². The summed E-state index contributed by atoms with van der Waals surface area (Å²) < 4.78 is 0. The standard InChI is InChI=1S/C57H109NO3/c1-3-5-7-9-11-13-15-17-19-21-23-25-26-27-28-29-30-31-33-34-36-38-40-42-44-46-48-50-52-56(60)55(54-59)58-57(61)53-51-49-47-45-43-41-39-37-35-32-24-22-20-18-16-14-12-10-8-6-4-2/h34,36,42,44,50,52,55-56,59-60H,3-33,35,37-41,43,45-49,51,53-54H2,1-2H3,(H,58,61)/b36-34+,44-42+,52-50+. The molecule has 360 valence electrons. The average molecular weight is 857 g/mol. The second-order valence-electron chi connectivity index (χ2n) is 19.0. The Balaban J connectivity index is 3.54. The largest absolute Gasteiger partial charge is 0.394 e. The molecule has 0 rings (SSSR count). The Morgan fingerprint density at radius 2 is 0.639 bits per heavy atom. The summed E-state index contributed by atoms with van der Waals surface area (Å²) in [4.78, 5) is 12.4. The molecule has 0 radical (unpaired) electrons. The van der Waals surface area contributed by atoms with Gasteiger partial charge in [-0.15, -0.1) is 0 Å². The highest BCUT2D eigenvalue weighted by Crippen LogP contribution is 2.17. The Kier molecular flexibility index (Phi) is 51.7. The summed E-state index contributed by atoms with van der Waals surface area (Å²) in [7, 11) is 0. The molecule has 0 spiro atoms. The predicted octanol–water partition coefficient (Wildman–Crippen LogP) is 18.1. The fourth-order valence-corrected chi connectivity index (χ4v) is 8.63. The van der Waals surface area contributed by atoms with Crippen molar-refractivity contribution in [3.8, 4) is 0 Å². The third-order valence-electron chi connectivity index (χ3n) is 12.9. The Morgan fingerprint density at radius 3 is 0.951 bits per heavy atom. The van der Waals surface area contributed by atoms with E-state index in [0.717, 1.165) is 38.5 Å². The summed E-state index contributed by atoms with van der Waals surface area (Å²) in [5.41, 5.74) is 0. The molecular weight excluding hydrogens is 747 g/mol. The molecule has 0 heterocycles. The van der Waals surface area contributed by atoms with Gasteiger partial charge in [-0.05, 0) is 44.9 Å². The highest BCUT2D eigenvalue weighted by atomic mass is 16.3. The molecule has 1 amide bonds. The van der Waals surface area contributed by atoms with Gasteiger partial charge in [-0.3, -0.25) is 4.79 Å². The smallest absolute Gasteiger partial charge is 0.220 e. The van der Waals surface area contributed by atoms with Crippen LogP contribution in [0.25, 0.3) is 0 Å². The van der Waals surface area contributed by atoms with Crippen molar-refractivity contribution in [3.63, 3.8) is 0 Å². The SMILES string of the molecule is CCCCCCCCCCCCCCCCCCCC/C=C/CC/C=C/CC/C=C/C(O)C(CO)NC(=O)CCCCCCCCCCCCCCCCCCCCCCC. The third kappa shape index (κ3) is 49.5. The van der Waals surface area contributed by atoms with Crippen LogP contribution in [-0.2, 0) is 4.79 Å². The number of allylic oxidation sites excluding steroid dienone is 5. The lowest BCUT2D eigenvalue weighted by molar-refractivity contribution is -0.123. The minimum atomic E-state index is -0.869. The molecule has 0 saturated heterocycles. The summed E-state index contributed by atoms with van der Waals surface area (Å²) in [5, 5.41) is 23.1. The van der Waals surface area contributed by atoms with Gasteiger partial charge in [0, 0.05) is 6.42 Å². The van der Waals surface area contributed by atoms with Crippen LogP contribution in [0.5, 0.6) is 0 Å². The van der Waals surface area contributed by atoms with Crippen molar-refractivity contribution in [3.05, 3.63) is 36.5 Å². The van der Waals surface area contributed by atoms with Crippen LogP contribution in [0.15, 0.2) is 36.5 Å². The molecule has 0 aliphatic heterocycles. The molecule has 3 N–H and O–H groups in total. The number of hydrogen-bond donors (Lipinski definition) is 3. The zero-order valence-electron chi connectivity index (χ0n) is 41.4. The van der Waals surface area contributed by atoms with Crippen molar-refractivity contribution in [2.24, 2.45) is 0 Å². The number of nitrogens with one attached hydrogen (secondary N) is 1. The molecule has 4 heteroatoms. The number of carbonyl (C=O) groups excluding carboxylic acids is 1. The average Bonchev–Trinajstić information content (AvgIpc) is 3.26. The van der Waals surface area contributed by atoms with E-state index in [2.05, 4.69) is 43.5 Å². The molecule has 0 aliphatic rings. The Hall–Kier alpha value is -1.39. The second kappa shape index (κ2) is 53.0. The molecule has 0 fully saturated rings. The fraction of sp³-hybridized carbons (Fsp3) is 0.877. The third-order valence-corrected chi connectivity index (χ3v) is 12.9. The van der Waals surface area contributed by atoms with Crippen LogP contribution < -0.4 is 5.32 Å². The summed E-state index contributed by atoms with van der Waals surface area (Å²) in [6.07, 6.45) is 71.6. The van der Waals surface area contributed by atoms with Gasteiger partial charge in [-0.2, -0.15) is 0 Å². The lowest BCUT2D eigenvalue weighted by Gasteiger charge is -2.19. The molecule has 4 nitrogen and oxygen atoms in total.